The molecular formula is C15H14ClF2NO. The molecule has 0 aliphatic rings. The summed E-state index contributed by atoms with van der Waals surface area (Å²) in [6, 6.07) is 6.50. The van der Waals surface area contributed by atoms with Gasteiger partial charge < -0.3 is 10.5 Å². The van der Waals surface area contributed by atoms with E-state index < -0.39 is 17.7 Å². The molecule has 0 saturated heterocycles. The number of hydrogen-bond donors (Lipinski definition) is 1. The van der Waals surface area contributed by atoms with Gasteiger partial charge in [-0.25, -0.2) is 8.78 Å². The minimum absolute atomic E-state index is 0.227. The van der Waals surface area contributed by atoms with Gasteiger partial charge in [-0.1, -0.05) is 17.7 Å². The quantitative estimate of drug-likeness (QED) is 0.930. The summed E-state index contributed by atoms with van der Waals surface area (Å²) in [6.07, 6.45) is 0. The van der Waals surface area contributed by atoms with E-state index in [4.69, 9.17) is 22.1 Å². The van der Waals surface area contributed by atoms with Crippen LogP contribution in [0.5, 0.6) is 5.75 Å². The van der Waals surface area contributed by atoms with E-state index in [0.717, 1.165) is 6.07 Å². The minimum atomic E-state index is -0.724. The molecule has 106 valence electrons. The van der Waals surface area contributed by atoms with E-state index in [2.05, 4.69) is 0 Å². The van der Waals surface area contributed by atoms with Crippen LogP contribution in [0.4, 0.5) is 8.78 Å². The molecule has 0 fully saturated rings. The van der Waals surface area contributed by atoms with Crippen LogP contribution in [-0.4, -0.2) is 7.11 Å². The predicted molar refractivity (Wildman–Crippen MR) is 75.1 cm³/mol. The van der Waals surface area contributed by atoms with Crippen LogP contribution in [0.1, 0.15) is 22.7 Å². The largest absolute Gasteiger partial charge is 0.495 e. The summed E-state index contributed by atoms with van der Waals surface area (Å²) < 4.78 is 32.2. The third-order valence-electron chi connectivity index (χ3n) is 3.15. The molecule has 0 aliphatic carbocycles. The topological polar surface area (TPSA) is 35.2 Å². The zero-order chi connectivity index (χ0) is 14.9. The second-order valence-electron chi connectivity index (χ2n) is 4.49. The molecule has 0 bridgehead atoms. The van der Waals surface area contributed by atoms with Gasteiger partial charge >= 0.3 is 0 Å². The van der Waals surface area contributed by atoms with Gasteiger partial charge in [-0.3, -0.25) is 0 Å². The van der Waals surface area contributed by atoms with E-state index in [0.29, 0.717) is 21.9 Å². The standard InChI is InChI=1S/C15H14ClF2NO/c1-8-5-10(13(18)7-12(8)17)15(19)9-3-4-14(20-2)11(16)6-9/h3-7,15H,19H2,1-2H3. The van der Waals surface area contributed by atoms with Crippen molar-refractivity contribution in [3.8, 4) is 5.75 Å². The van der Waals surface area contributed by atoms with Gasteiger partial charge in [0.25, 0.3) is 0 Å². The number of aryl methyl sites for hydroxylation is 1. The molecule has 0 amide bonds. The van der Waals surface area contributed by atoms with Crippen LogP contribution < -0.4 is 10.5 Å². The third-order valence-corrected chi connectivity index (χ3v) is 3.44. The maximum Gasteiger partial charge on any atom is 0.137 e. The summed E-state index contributed by atoms with van der Waals surface area (Å²) >= 11 is 6.02. The molecule has 0 radical (unpaired) electrons. The van der Waals surface area contributed by atoms with Crippen molar-refractivity contribution in [2.75, 3.05) is 7.11 Å². The van der Waals surface area contributed by atoms with Crippen LogP contribution in [0.3, 0.4) is 0 Å². The fraction of sp³-hybridized carbons (Fsp3) is 0.200. The molecule has 2 N–H and O–H groups in total. The van der Waals surface area contributed by atoms with Crippen molar-refractivity contribution in [1.82, 2.24) is 0 Å². The fourth-order valence-corrected chi connectivity index (χ4v) is 2.24. The monoisotopic (exact) mass is 297 g/mol. The first-order chi connectivity index (χ1) is 9.43. The summed E-state index contributed by atoms with van der Waals surface area (Å²) in [5.74, 6) is -0.753. The van der Waals surface area contributed by atoms with Crippen LogP contribution in [0.15, 0.2) is 30.3 Å². The van der Waals surface area contributed by atoms with Crippen molar-refractivity contribution in [1.29, 1.82) is 0 Å². The molecule has 1 unspecified atom stereocenters. The number of halogens is 3. The summed E-state index contributed by atoms with van der Waals surface area (Å²) in [7, 11) is 1.50. The Bertz CT molecular complexity index is 646. The second kappa shape index (κ2) is 5.77. The lowest BCUT2D eigenvalue weighted by molar-refractivity contribution is 0.415. The Balaban J connectivity index is 2.43. The molecule has 2 nitrogen and oxygen atoms in total. The first-order valence-corrected chi connectivity index (χ1v) is 6.36. The molecule has 2 rings (SSSR count). The molecule has 0 saturated carbocycles. The van der Waals surface area contributed by atoms with E-state index in [1.165, 1.54) is 13.2 Å². The zero-order valence-electron chi connectivity index (χ0n) is 11.1. The summed E-state index contributed by atoms with van der Waals surface area (Å²) in [4.78, 5) is 0. The van der Waals surface area contributed by atoms with Gasteiger partial charge in [-0.05, 0) is 36.2 Å². The van der Waals surface area contributed by atoms with Crippen LogP contribution in [0.2, 0.25) is 5.02 Å². The highest BCUT2D eigenvalue weighted by Crippen LogP contribution is 2.30. The molecule has 0 aliphatic heterocycles. The van der Waals surface area contributed by atoms with Crippen molar-refractivity contribution < 1.29 is 13.5 Å². The van der Waals surface area contributed by atoms with Crippen molar-refractivity contribution in [2.24, 2.45) is 5.73 Å². The minimum Gasteiger partial charge on any atom is -0.495 e. The smallest absolute Gasteiger partial charge is 0.137 e. The Morgan fingerprint density at radius 3 is 2.45 bits per heavy atom. The number of rotatable bonds is 3. The Kier molecular flexibility index (Phi) is 4.26. The predicted octanol–water partition coefficient (Wildman–Crippen LogP) is 3.98. The lowest BCUT2D eigenvalue weighted by Gasteiger charge is -2.16. The van der Waals surface area contributed by atoms with E-state index in [-0.39, 0.29) is 5.56 Å². The van der Waals surface area contributed by atoms with Gasteiger partial charge in [0, 0.05) is 11.6 Å². The Morgan fingerprint density at radius 2 is 1.85 bits per heavy atom. The molecular weight excluding hydrogens is 284 g/mol. The van der Waals surface area contributed by atoms with Crippen LogP contribution in [0, 0.1) is 18.6 Å². The van der Waals surface area contributed by atoms with Crippen LogP contribution >= 0.6 is 11.6 Å². The first kappa shape index (κ1) is 14.8. The highest BCUT2D eigenvalue weighted by atomic mass is 35.5. The molecule has 20 heavy (non-hydrogen) atoms. The van der Waals surface area contributed by atoms with Gasteiger partial charge in [0.1, 0.15) is 17.4 Å². The number of nitrogens with two attached hydrogens (primary N) is 1. The van der Waals surface area contributed by atoms with Gasteiger partial charge in [0.15, 0.2) is 0 Å². The average Bonchev–Trinajstić information content (AvgIpc) is 2.42. The molecule has 0 spiro atoms. The summed E-state index contributed by atoms with van der Waals surface area (Å²) in [6.45, 7) is 1.56. The normalized spacial score (nSPS) is 12.3. The lowest BCUT2D eigenvalue weighted by Crippen LogP contribution is -2.14. The van der Waals surface area contributed by atoms with Crippen molar-refractivity contribution in [3.63, 3.8) is 0 Å². The van der Waals surface area contributed by atoms with E-state index >= 15 is 0 Å². The highest BCUT2D eigenvalue weighted by molar-refractivity contribution is 6.32. The SMILES string of the molecule is COc1ccc(C(N)c2cc(C)c(F)cc2F)cc1Cl. The average molecular weight is 298 g/mol. The van der Waals surface area contributed by atoms with Crippen molar-refractivity contribution in [2.45, 2.75) is 13.0 Å². The number of hydrogen-bond acceptors (Lipinski definition) is 2. The highest BCUT2D eigenvalue weighted by Gasteiger charge is 2.17. The molecule has 2 aromatic rings. The van der Waals surface area contributed by atoms with Gasteiger partial charge in [0.05, 0.1) is 18.2 Å². The molecule has 0 aromatic heterocycles. The summed E-state index contributed by atoms with van der Waals surface area (Å²) in [5, 5.41) is 0.389. The van der Waals surface area contributed by atoms with Gasteiger partial charge in [0.2, 0.25) is 0 Å². The van der Waals surface area contributed by atoms with E-state index in [1.807, 2.05) is 0 Å². The maximum absolute atomic E-state index is 13.8. The van der Waals surface area contributed by atoms with Gasteiger partial charge in [-0.15, -0.1) is 0 Å². The third kappa shape index (κ3) is 2.76. The maximum atomic E-state index is 13.8. The molecule has 5 heteroatoms. The second-order valence-corrected chi connectivity index (χ2v) is 4.90. The molecule has 0 heterocycles. The van der Waals surface area contributed by atoms with E-state index in [9.17, 15) is 8.78 Å². The van der Waals surface area contributed by atoms with Crippen LogP contribution in [0.25, 0.3) is 0 Å². The van der Waals surface area contributed by atoms with Gasteiger partial charge in [-0.2, -0.15) is 0 Å². The Morgan fingerprint density at radius 1 is 1.15 bits per heavy atom. The summed E-state index contributed by atoms with van der Waals surface area (Å²) in [5.41, 5.74) is 7.23. The molecule has 2 aromatic carbocycles. The zero-order valence-corrected chi connectivity index (χ0v) is 11.8. The lowest BCUT2D eigenvalue weighted by atomic mass is 9.97. The Labute approximate surface area is 121 Å². The number of methoxy groups -OCH3 is 1. The van der Waals surface area contributed by atoms with E-state index in [1.54, 1.807) is 25.1 Å². The Hall–Kier alpha value is -1.65. The first-order valence-electron chi connectivity index (χ1n) is 5.98. The number of ether oxygens (including phenoxy) is 1. The van der Waals surface area contributed by atoms with Crippen LogP contribution in [-0.2, 0) is 0 Å². The van der Waals surface area contributed by atoms with Crippen molar-refractivity contribution >= 4 is 11.6 Å². The van der Waals surface area contributed by atoms with Crippen molar-refractivity contribution in [3.05, 3.63) is 63.7 Å². The fourth-order valence-electron chi connectivity index (χ4n) is 1.97. The molecule has 1 atom stereocenters. The number of benzene rings is 2.